The Morgan fingerprint density at radius 3 is 1.36 bits per heavy atom. The van der Waals surface area contributed by atoms with Crippen LogP contribution in [0.4, 0.5) is 0 Å². The maximum Gasteiger partial charge on any atom is 0.306 e. The number of aliphatic hydroxyl groups excluding tert-OH is 7. The Bertz CT molecular complexity index is 1310. The Hall–Kier alpha value is -2.02. The molecular weight excluding hydrogens is 901 g/mol. The number of ether oxygens (including phenoxy) is 6. The smallest absolute Gasteiger partial charge is 0.306 e. The molecule has 2 rings (SSSR count). The Morgan fingerprint density at radius 2 is 0.857 bits per heavy atom. The third-order valence-corrected chi connectivity index (χ3v) is 13.4. The van der Waals surface area contributed by atoms with Crippen LogP contribution in [-0.2, 0) is 38.0 Å². The minimum absolute atomic E-state index is 0.163. The monoisotopic (exact) mass is 1000 g/mol. The van der Waals surface area contributed by atoms with Gasteiger partial charge in [-0.05, 0) is 44.9 Å². The molecule has 2 heterocycles. The number of aliphatic hydroxyl groups is 7. The van der Waals surface area contributed by atoms with E-state index in [1.54, 1.807) is 0 Å². The summed E-state index contributed by atoms with van der Waals surface area (Å²) in [5, 5.41) is 72.2. The fourth-order valence-electron chi connectivity index (χ4n) is 8.84. The molecule has 0 amide bonds. The topological polar surface area (TPSA) is 231 Å². The van der Waals surface area contributed by atoms with Gasteiger partial charge < -0.3 is 64.2 Å². The lowest BCUT2D eigenvalue weighted by Crippen LogP contribution is -2.61. The first kappa shape index (κ1) is 64.1. The van der Waals surface area contributed by atoms with E-state index in [2.05, 4.69) is 38.2 Å². The first-order valence-corrected chi connectivity index (χ1v) is 27.9. The van der Waals surface area contributed by atoms with Crippen LogP contribution in [0.25, 0.3) is 0 Å². The van der Waals surface area contributed by atoms with Crippen molar-refractivity contribution in [2.24, 2.45) is 0 Å². The van der Waals surface area contributed by atoms with Crippen LogP contribution in [0.5, 0.6) is 0 Å². The van der Waals surface area contributed by atoms with Gasteiger partial charge in [0.2, 0.25) is 0 Å². The fraction of sp³-hybridized carbons (Fsp3) is 0.891. The highest BCUT2D eigenvalue weighted by Crippen LogP contribution is 2.27. The van der Waals surface area contributed by atoms with Crippen molar-refractivity contribution in [1.82, 2.24) is 0 Å². The molecule has 410 valence electrons. The van der Waals surface area contributed by atoms with Gasteiger partial charge in [-0.15, -0.1) is 0 Å². The van der Waals surface area contributed by atoms with E-state index in [9.17, 15) is 45.3 Å². The highest BCUT2D eigenvalue weighted by molar-refractivity contribution is 5.70. The summed E-state index contributed by atoms with van der Waals surface area (Å²) in [6.45, 7) is 2.59. The molecule has 70 heavy (non-hydrogen) atoms. The van der Waals surface area contributed by atoms with E-state index in [-0.39, 0.29) is 26.1 Å². The minimum atomic E-state index is -1.76. The van der Waals surface area contributed by atoms with Crippen molar-refractivity contribution in [3.8, 4) is 0 Å². The highest BCUT2D eigenvalue weighted by Gasteiger charge is 2.47. The van der Waals surface area contributed by atoms with Gasteiger partial charge in [-0.2, -0.15) is 0 Å². The van der Waals surface area contributed by atoms with Gasteiger partial charge in [0.25, 0.3) is 0 Å². The number of hydrogen-bond donors (Lipinski definition) is 7. The summed E-state index contributed by atoms with van der Waals surface area (Å²) in [6.07, 6.45) is 27.6. The molecule has 2 fully saturated rings. The second-order valence-electron chi connectivity index (χ2n) is 19.8. The largest absolute Gasteiger partial charge is 0.462 e. The number of esters is 2. The van der Waals surface area contributed by atoms with E-state index in [0.29, 0.717) is 12.8 Å². The summed E-state index contributed by atoms with van der Waals surface area (Å²) >= 11 is 0. The van der Waals surface area contributed by atoms with Crippen LogP contribution in [-0.4, -0.2) is 142 Å². The average Bonchev–Trinajstić information content (AvgIpc) is 3.35. The van der Waals surface area contributed by atoms with Crippen molar-refractivity contribution >= 4 is 11.9 Å². The minimum Gasteiger partial charge on any atom is -0.462 e. The van der Waals surface area contributed by atoms with E-state index in [1.807, 2.05) is 0 Å². The zero-order valence-electron chi connectivity index (χ0n) is 43.5. The highest BCUT2D eigenvalue weighted by atomic mass is 16.7. The standard InChI is InChI=1S/C55H100O15/c1-3-5-7-9-11-13-15-17-19-20-21-22-24-26-28-30-32-34-36-38-47(58)68-43(40-65-46(57)37-35-33-31-29-27-25-23-18-16-14-12-10-8-6-4-2)41-66-54-53(64)51(62)49(60)45(70-54)42-67-55-52(63)50(61)48(59)44(39-56)69-55/h11,13,17,19,43-45,48-56,59-64H,3-10,12,14-16,18,20-42H2,1-2H3/b13-11-,19-17-. The maximum atomic E-state index is 13.0. The molecule has 2 saturated heterocycles. The third-order valence-electron chi connectivity index (χ3n) is 13.4. The Morgan fingerprint density at radius 1 is 0.457 bits per heavy atom. The molecule has 0 radical (unpaired) electrons. The number of rotatable bonds is 44. The average molecular weight is 1000 g/mol. The zero-order chi connectivity index (χ0) is 51.0. The zero-order valence-corrected chi connectivity index (χ0v) is 43.5. The van der Waals surface area contributed by atoms with E-state index in [4.69, 9.17) is 28.4 Å². The second-order valence-corrected chi connectivity index (χ2v) is 19.8. The number of unbranched alkanes of at least 4 members (excludes halogenated alkanes) is 26. The lowest BCUT2D eigenvalue weighted by atomic mass is 9.98. The van der Waals surface area contributed by atoms with E-state index < -0.39 is 92.7 Å². The Kier molecular flexibility index (Phi) is 38.8. The number of carbonyl (C=O) groups excluding carboxylic acids is 2. The normalized spacial score (nSPS) is 25.5. The molecule has 2 aliphatic heterocycles. The van der Waals surface area contributed by atoms with Crippen LogP contribution in [0.15, 0.2) is 24.3 Å². The molecule has 2 aliphatic rings. The van der Waals surface area contributed by atoms with Crippen LogP contribution in [0.1, 0.15) is 219 Å². The van der Waals surface area contributed by atoms with Gasteiger partial charge in [0.1, 0.15) is 55.4 Å². The third kappa shape index (κ3) is 29.6. The van der Waals surface area contributed by atoms with Crippen molar-refractivity contribution in [3.05, 3.63) is 24.3 Å². The van der Waals surface area contributed by atoms with Crippen LogP contribution < -0.4 is 0 Å². The quantitative estimate of drug-likeness (QED) is 0.0172. The van der Waals surface area contributed by atoms with Gasteiger partial charge in [-0.1, -0.05) is 186 Å². The molecule has 0 aromatic rings. The van der Waals surface area contributed by atoms with Crippen LogP contribution in [0.2, 0.25) is 0 Å². The molecule has 0 bridgehead atoms. The first-order valence-electron chi connectivity index (χ1n) is 27.9. The molecule has 15 nitrogen and oxygen atoms in total. The van der Waals surface area contributed by atoms with Crippen LogP contribution >= 0.6 is 0 Å². The van der Waals surface area contributed by atoms with Crippen molar-refractivity contribution in [1.29, 1.82) is 0 Å². The predicted octanol–water partition coefficient (Wildman–Crippen LogP) is 8.72. The number of allylic oxidation sites excluding steroid dienone is 4. The van der Waals surface area contributed by atoms with Gasteiger partial charge in [0, 0.05) is 12.8 Å². The lowest BCUT2D eigenvalue weighted by Gasteiger charge is -2.42. The lowest BCUT2D eigenvalue weighted by molar-refractivity contribution is -0.332. The molecule has 0 aromatic heterocycles. The molecule has 0 aliphatic carbocycles. The summed E-state index contributed by atoms with van der Waals surface area (Å²) in [5.41, 5.74) is 0. The van der Waals surface area contributed by atoms with Gasteiger partial charge >= 0.3 is 11.9 Å². The molecule has 11 unspecified atom stereocenters. The van der Waals surface area contributed by atoms with Crippen molar-refractivity contribution in [3.63, 3.8) is 0 Å². The van der Waals surface area contributed by atoms with Gasteiger partial charge in [0.05, 0.1) is 19.8 Å². The molecule has 0 spiro atoms. The van der Waals surface area contributed by atoms with E-state index in [1.165, 1.54) is 122 Å². The molecule has 0 aromatic carbocycles. The van der Waals surface area contributed by atoms with Crippen molar-refractivity contribution in [2.45, 2.75) is 287 Å². The Labute approximate surface area is 422 Å². The van der Waals surface area contributed by atoms with Crippen molar-refractivity contribution in [2.75, 3.05) is 26.4 Å². The molecule has 0 saturated carbocycles. The molecule has 11 atom stereocenters. The summed E-state index contributed by atoms with van der Waals surface area (Å²) in [4.78, 5) is 25.8. The van der Waals surface area contributed by atoms with Gasteiger partial charge in [-0.3, -0.25) is 9.59 Å². The first-order chi connectivity index (χ1) is 34.0. The summed E-state index contributed by atoms with van der Waals surface area (Å²) in [5.74, 6) is -0.919. The second kappa shape index (κ2) is 42.3. The summed E-state index contributed by atoms with van der Waals surface area (Å²) in [6, 6.07) is 0. The number of carbonyl (C=O) groups is 2. The van der Waals surface area contributed by atoms with Crippen LogP contribution in [0, 0.1) is 0 Å². The van der Waals surface area contributed by atoms with Crippen molar-refractivity contribution < 1.29 is 73.8 Å². The maximum absolute atomic E-state index is 13.0. The molecular formula is C55H100O15. The number of hydrogen-bond acceptors (Lipinski definition) is 15. The van der Waals surface area contributed by atoms with E-state index >= 15 is 0 Å². The Balaban J connectivity index is 1.77. The molecule has 7 N–H and O–H groups in total. The predicted molar refractivity (Wildman–Crippen MR) is 271 cm³/mol. The van der Waals surface area contributed by atoms with Crippen LogP contribution in [0.3, 0.4) is 0 Å². The summed E-state index contributed by atoms with van der Waals surface area (Å²) in [7, 11) is 0. The van der Waals surface area contributed by atoms with Gasteiger partial charge in [0.15, 0.2) is 18.7 Å². The van der Waals surface area contributed by atoms with E-state index in [0.717, 1.165) is 57.8 Å². The van der Waals surface area contributed by atoms with Gasteiger partial charge in [-0.25, -0.2) is 0 Å². The molecule has 15 heteroatoms. The fourth-order valence-corrected chi connectivity index (χ4v) is 8.84. The summed E-state index contributed by atoms with van der Waals surface area (Å²) < 4.78 is 33.7. The SMILES string of the molecule is CCCCC/C=C\C/C=C\CCCCCCCCCCCC(=O)OC(COC(=O)CCCCCCCCCCCCCCCCC)COC1OC(COC2OC(CO)C(O)C(O)C2O)C(O)C(O)C1O.